The van der Waals surface area contributed by atoms with Crippen molar-refractivity contribution in [2.45, 2.75) is 11.4 Å². The van der Waals surface area contributed by atoms with Gasteiger partial charge >= 0.3 is 0 Å². The fourth-order valence-electron chi connectivity index (χ4n) is 2.66. The minimum Gasteiger partial charge on any atom is -0.497 e. The summed E-state index contributed by atoms with van der Waals surface area (Å²) >= 11 is 0. The van der Waals surface area contributed by atoms with Crippen molar-refractivity contribution in [3.05, 3.63) is 54.1 Å². The van der Waals surface area contributed by atoms with Crippen molar-refractivity contribution in [2.75, 3.05) is 38.1 Å². The molecule has 6 nitrogen and oxygen atoms in total. The third-order valence-corrected chi connectivity index (χ3v) is 5.48. The maximum atomic E-state index is 12.4. The van der Waals surface area contributed by atoms with Crippen molar-refractivity contribution in [2.24, 2.45) is 0 Å². The summed E-state index contributed by atoms with van der Waals surface area (Å²) in [6, 6.07) is 13.8. The molecule has 0 bridgehead atoms. The lowest BCUT2D eigenvalue weighted by Crippen LogP contribution is -2.35. The minimum atomic E-state index is -3.61. The average Bonchev–Trinajstić information content (AvgIpc) is 2.64. The van der Waals surface area contributed by atoms with E-state index in [4.69, 9.17) is 9.47 Å². The Morgan fingerprint density at radius 1 is 1.04 bits per heavy atom. The smallest absolute Gasteiger partial charge is 0.261 e. The molecule has 1 aliphatic rings. The minimum absolute atomic E-state index is 0.200. The van der Waals surface area contributed by atoms with Crippen LogP contribution >= 0.6 is 0 Å². The first-order valence-corrected chi connectivity index (χ1v) is 9.61. The first kappa shape index (κ1) is 17.7. The Kier molecular flexibility index (Phi) is 5.57. The number of nitrogens with zero attached hydrogens (tertiary/aromatic N) is 1. The maximum absolute atomic E-state index is 12.4. The molecule has 0 aromatic heterocycles. The Hall–Kier alpha value is -2.09. The largest absolute Gasteiger partial charge is 0.497 e. The lowest BCUT2D eigenvalue weighted by atomic mass is 10.2. The highest BCUT2D eigenvalue weighted by Gasteiger charge is 2.15. The van der Waals surface area contributed by atoms with Gasteiger partial charge < -0.3 is 9.47 Å². The normalized spacial score (nSPS) is 15.7. The molecular weight excluding hydrogens is 340 g/mol. The highest BCUT2D eigenvalue weighted by molar-refractivity contribution is 7.92. The lowest BCUT2D eigenvalue weighted by Gasteiger charge is -2.26. The quantitative estimate of drug-likeness (QED) is 0.854. The molecule has 134 valence electrons. The summed E-state index contributed by atoms with van der Waals surface area (Å²) in [7, 11) is -2.07. The highest BCUT2D eigenvalue weighted by atomic mass is 32.2. The van der Waals surface area contributed by atoms with Gasteiger partial charge in [-0.15, -0.1) is 0 Å². The zero-order valence-electron chi connectivity index (χ0n) is 14.1. The molecule has 1 N–H and O–H groups in total. The Morgan fingerprint density at radius 2 is 1.68 bits per heavy atom. The monoisotopic (exact) mass is 362 g/mol. The molecular formula is C18H22N2O4S. The molecule has 1 aliphatic heterocycles. The average molecular weight is 362 g/mol. The summed E-state index contributed by atoms with van der Waals surface area (Å²) in [6.07, 6.45) is 0. The van der Waals surface area contributed by atoms with Crippen LogP contribution in [0.3, 0.4) is 0 Å². The first-order valence-electron chi connectivity index (χ1n) is 8.13. The van der Waals surface area contributed by atoms with Gasteiger partial charge in [-0.05, 0) is 42.0 Å². The first-order chi connectivity index (χ1) is 12.1. The van der Waals surface area contributed by atoms with Crippen molar-refractivity contribution in [3.8, 4) is 5.75 Å². The molecule has 0 amide bonds. The van der Waals surface area contributed by atoms with Gasteiger partial charge in [0, 0.05) is 25.3 Å². The van der Waals surface area contributed by atoms with Gasteiger partial charge in [0.2, 0.25) is 0 Å². The Morgan fingerprint density at radius 3 is 2.28 bits per heavy atom. The topological polar surface area (TPSA) is 67.9 Å². The van der Waals surface area contributed by atoms with E-state index >= 15 is 0 Å². The van der Waals surface area contributed by atoms with Gasteiger partial charge in [-0.1, -0.05) is 12.1 Å². The van der Waals surface area contributed by atoms with Crippen LogP contribution in [0.4, 0.5) is 5.69 Å². The second kappa shape index (κ2) is 7.86. The van der Waals surface area contributed by atoms with Gasteiger partial charge in [-0.2, -0.15) is 0 Å². The van der Waals surface area contributed by atoms with E-state index in [1.807, 2.05) is 12.1 Å². The van der Waals surface area contributed by atoms with E-state index in [9.17, 15) is 8.42 Å². The van der Waals surface area contributed by atoms with Crippen molar-refractivity contribution in [1.82, 2.24) is 4.90 Å². The van der Waals surface area contributed by atoms with Crippen LogP contribution in [0, 0.1) is 0 Å². The molecule has 25 heavy (non-hydrogen) atoms. The van der Waals surface area contributed by atoms with Gasteiger partial charge in [0.15, 0.2) is 0 Å². The highest BCUT2D eigenvalue weighted by Crippen LogP contribution is 2.20. The molecule has 0 aliphatic carbocycles. The zero-order valence-corrected chi connectivity index (χ0v) is 15.0. The molecule has 0 atom stereocenters. The molecule has 3 rings (SSSR count). The van der Waals surface area contributed by atoms with E-state index in [0.29, 0.717) is 11.4 Å². The van der Waals surface area contributed by atoms with Crippen molar-refractivity contribution in [1.29, 1.82) is 0 Å². The summed E-state index contributed by atoms with van der Waals surface area (Å²) in [5.74, 6) is 0.617. The van der Waals surface area contributed by atoms with Crippen LogP contribution in [0.5, 0.6) is 5.75 Å². The molecule has 0 unspecified atom stereocenters. The molecule has 2 aromatic rings. The van der Waals surface area contributed by atoms with Crippen molar-refractivity contribution < 1.29 is 17.9 Å². The second-order valence-corrected chi connectivity index (χ2v) is 7.55. The second-order valence-electron chi connectivity index (χ2n) is 5.87. The van der Waals surface area contributed by atoms with Crippen LogP contribution in [0.25, 0.3) is 0 Å². The van der Waals surface area contributed by atoms with E-state index in [-0.39, 0.29) is 4.90 Å². The molecule has 1 fully saturated rings. The molecule has 7 heteroatoms. The number of sulfonamides is 1. The number of morpholine rings is 1. The van der Waals surface area contributed by atoms with Crippen LogP contribution in [0.2, 0.25) is 0 Å². The Balaban J connectivity index is 1.65. The predicted octanol–water partition coefficient (Wildman–Crippen LogP) is 2.33. The summed E-state index contributed by atoms with van der Waals surface area (Å²) in [5, 5.41) is 0. The van der Waals surface area contributed by atoms with Gasteiger partial charge in [0.1, 0.15) is 5.75 Å². The van der Waals surface area contributed by atoms with E-state index in [1.54, 1.807) is 31.4 Å². The predicted molar refractivity (Wildman–Crippen MR) is 96.3 cm³/mol. The van der Waals surface area contributed by atoms with Crippen molar-refractivity contribution >= 4 is 15.7 Å². The summed E-state index contributed by atoms with van der Waals surface area (Å²) in [5.41, 5.74) is 1.69. The van der Waals surface area contributed by atoms with E-state index in [2.05, 4.69) is 9.62 Å². The molecule has 1 heterocycles. The molecule has 1 saturated heterocycles. The van der Waals surface area contributed by atoms with Crippen LogP contribution in [0.15, 0.2) is 53.4 Å². The lowest BCUT2D eigenvalue weighted by molar-refractivity contribution is 0.0342. The van der Waals surface area contributed by atoms with Crippen LogP contribution < -0.4 is 9.46 Å². The fourth-order valence-corrected chi connectivity index (χ4v) is 3.72. The van der Waals surface area contributed by atoms with Crippen LogP contribution in [-0.4, -0.2) is 46.7 Å². The van der Waals surface area contributed by atoms with E-state index < -0.39 is 10.0 Å². The van der Waals surface area contributed by atoms with Crippen molar-refractivity contribution in [3.63, 3.8) is 0 Å². The number of methoxy groups -OCH3 is 1. The number of hydrogen-bond acceptors (Lipinski definition) is 5. The number of rotatable bonds is 6. The number of benzene rings is 2. The number of hydrogen-bond donors (Lipinski definition) is 1. The summed E-state index contributed by atoms with van der Waals surface area (Å²) < 4.78 is 37.8. The molecule has 0 spiro atoms. The Bertz CT molecular complexity index is 783. The van der Waals surface area contributed by atoms with Crippen LogP contribution in [0.1, 0.15) is 5.56 Å². The number of anilines is 1. The number of ether oxygens (including phenoxy) is 2. The third kappa shape index (κ3) is 4.72. The Labute approximate surface area is 148 Å². The van der Waals surface area contributed by atoms with Gasteiger partial charge in [-0.25, -0.2) is 8.42 Å². The molecule has 2 aromatic carbocycles. The van der Waals surface area contributed by atoms with Crippen LogP contribution in [-0.2, 0) is 21.3 Å². The van der Waals surface area contributed by atoms with E-state index in [1.165, 1.54) is 12.1 Å². The van der Waals surface area contributed by atoms with E-state index in [0.717, 1.165) is 38.4 Å². The van der Waals surface area contributed by atoms with Gasteiger partial charge in [0.05, 0.1) is 25.2 Å². The maximum Gasteiger partial charge on any atom is 0.261 e. The van der Waals surface area contributed by atoms with Gasteiger partial charge in [-0.3, -0.25) is 9.62 Å². The van der Waals surface area contributed by atoms with Gasteiger partial charge in [0.25, 0.3) is 10.0 Å². The third-order valence-electron chi connectivity index (χ3n) is 4.09. The molecule has 0 radical (unpaired) electrons. The molecule has 0 saturated carbocycles. The SMILES string of the molecule is COc1ccc(S(=O)(=O)Nc2ccc(CN3CCOCC3)cc2)cc1. The zero-order chi connectivity index (χ0) is 17.7. The summed E-state index contributed by atoms with van der Waals surface area (Å²) in [4.78, 5) is 2.52. The fraction of sp³-hybridized carbons (Fsp3) is 0.333. The standard InChI is InChI=1S/C18H22N2O4S/c1-23-17-6-8-18(9-7-17)25(21,22)19-16-4-2-15(3-5-16)14-20-10-12-24-13-11-20/h2-9,19H,10-14H2,1H3. The number of nitrogens with one attached hydrogen (secondary N) is 1. The summed E-state index contributed by atoms with van der Waals surface area (Å²) in [6.45, 7) is 4.21.